The molecule has 22 heavy (non-hydrogen) atoms. The molecular formula is C16H29N3O3. The van der Waals surface area contributed by atoms with E-state index in [-0.39, 0.29) is 5.91 Å². The molecule has 1 N–H and O–H groups in total. The Morgan fingerprint density at radius 2 is 2.00 bits per heavy atom. The van der Waals surface area contributed by atoms with Crippen LogP contribution in [0, 0.1) is 19.8 Å². The fourth-order valence-electron chi connectivity index (χ4n) is 2.24. The third-order valence-electron chi connectivity index (χ3n) is 3.41. The molecule has 0 aliphatic carbocycles. The number of carbonyl (C=O) groups excluding carboxylic acids is 1. The molecule has 126 valence electrons. The number of amides is 1. The molecule has 0 atom stereocenters. The van der Waals surface area contributed by atoms with Gasteiger partial charge in [0.25, 0.3) is 0 Å². The van der Waals surface area contributed by atoms with Gasteiger partial charge in [-0.15, -0.1) is 0 Å². The Kier molecular flexibility index (Phi) is 8.12. The number of aromatic nitrogens is 2. The number of ether oxygens (including phenoxy) is 2. The van der Waals surface area contributed by atoms with E-state index in [1.54, 1.807) is 7.11 Å². The number of rotatable bonds is 10. The molecule has 1 aromatic heterocycles. The molecule has 0 spiro atoms. The number of methoxy groups -OCH3 is 1. The van der Waals surface area contributed by atoms with Gasteiger partial charge in [0, 0.05) is 31.5 Å². The minimum Gasteiger partial charge on any atom is -0.382 e. The van der Waals surface area contributed by atoms with Gasteiger partial charge in [0.15, 0.2) is 0 Å². The van der Waals surface area contributed by atoms with E-state index in [2.05, 4.69) is 24.3 Å². The number of nitrogens with zero attached hydrogens (tertiary/aromatic N) is 2. The fourth-order valence-corrected chi connectivity index (χ4v) is 2.24. The van der Waals surface area contributed by atoms with Crippen LogP contribution >= 0.6 is 0 Å². The second-order valence-electron chi connectivity index (χ2n) is 5.86. The molecule has 6 heteroatoms. The van der Waals surface area contributed by atoms with Gasteiger partial charge < -0.3 is 14.8 Å². The zero-order valence-electron chi connectivity index (χ0n) is 14.4. The average molecular weight is 311 g/mol. The van der Waals surface area contributed by atoms with E-state index in [9.17, 15) is 4.79 Å². The number of hydrogen-bond donors (Lipinski definition) is 1. The second kappa shape index (κ2) is 9.58. The molecule has 1 rings (SSSR count). The highest BCUT2D eigenvalue weighted by Crippen LogP contribution is 2.15. The van der Waals surface area contributed by atoms with Crippen molar-refractivity contribution in [2.45, 2.75) is 40.7 Å². The molecule has 0 fully saturated rings. The quantitative estimate of drug-likeness (QED) is 0.665. The standard InChI is InChI=1S/C16H29N3O3/c1-12(2)11-19-14(4)15(13(3)18-19)10-16(20)17-6-7-22-9-8-21-5/h12H,6-11H2,1-5H3,(H,17,20). The molecule has 0 aromatic carbocycles. The van der Waals surface area contributed by atoms with Crippen molar-refractivity contribution in [2.75, 3.05) is 33.5 Å². The van der Waals surface area contributed by atoms with E-state index in [0.717, 1.165) is 23.5 Å². The lowest BCUT2D eigenvalue weighted by Crippen LogP contribution is -2.29. The summed E-state index contributed by atoms with van der Waals surface area (Å²) in [6.45, 7) is 11.3. The van der Waals surface area contributed by atoms with Crippen LogP contribution < -0.4 is 5.32 Å². The summed E-state index contributed by atoms with van der Waals surface area (Å²) in [5, 5.41) is 7.40. The molecule has 0 bridgehead atoms. The van der Waals surface area contributed by atoms with Gasteiger partial charge in [0.2, 0.25) is 5.91 Å². The zero-order valence-corrected chi connectivity index (χ0v) is 14.4. The van der Waals surface area contributed by atoms with Crippen LogP contribution in [-0.2, 0) is 27.2 Å². The molecular weight excluding hydrogens is 282 g/mol. The van der Waals surface area contributed by atoms with E-state index >= 15 is 0 Å². The number of hydrogen-bond acceptors (Lipinski definition) is 4. The maximum Gasteiger partial charge on any atom is 0.224 e. The van der Waals surface area contributed by atoms with E-state index in [4.69, 9.17) is 9.47 Å². The van der Waals surface area contributed by atoms with Crippen molar-refractivity contribution >= 4 is 5.91 Å². The van der Waals surface area contributed by atoms with Gasteiger partial charge in [-0.2, -0.15) is 5.10 Å². The Morgan fingerprint density at radius 1 is 1.27 bits per heavy atom. The maximum atomic E-state index is 12.0. The molecule has 0 unspecified atom stereocenters. The van der Waals surface area contributed by atoms with Gasteiger partial charge in [0.05, 0.1) is 31.9 Å². The largest absolute Gasteiger partial charge is 0.382 e. The lowest BCUT2D eigenvalue weighted by atomic mass is 10.1. The highest BCUT2D eigenvalue weighted by molar-refractivity contribution is 5.79. The van der Waals surface area contributed by atoms with Crippen molar-refractivity contribution in [1.82, 2.24) is 15.1 Å². The monoisotopic (exact) mass is 311 g/mol. The molecule has 0 saturated heterocycles. The van der Waals surface area contributed by atoms with Gasteiger partial charge in [-0.05, 0) is 19.8 Å². The minimum atomic E-state index is 0.00522. The molecule has 0 aliphatic heterocycles. The van der Waals surface area contributed by atoms with Crippen molar-refractivity contribution < 1.29 is 14.3 Å². The van der Waals surface area contributed by atoms with Gasteiger partial charge >= 0.3 is 0 Å². The van der Waals surface area contributed by atoms with Crippen molar-refractivity contribution in [2.24, 2.45) is 5.92 Å². The van der Waals surface area contributed by atoms with Crippen LogP contribution in [0.5, 0.6) is 0 Å². The number of carbonyl (C=O) groups is 1. The van der Waals surface area contributed by atoms with E-state index in [1.807, 2.05) is 18.5 Å². The van der Waals surface area contributed by atoms with Crippen LogP contribution in [0.1, 0.15) is 30.8 Å². The van der Waals surface area contributed by atoms with Crippen LogP contribution in [0.25, 0.3) is 0 Å². The summed E-state index contributed by atoms with van der Waals surface area (Å²) in [6.07, 6.45) is 0.369. The SMILES string of the molecule is COCCOCCNC(=O)Cc1c(C)nn(CC(C)C)c1C. The summed E-state index contributed by atoms with van der Waals surface area (Å²) in [5.74, 6) is 0.537. The van der Waals surface area contributed by atoms with Crippen LogP contribution in [0.3, 0.4) is 0 Å². The minimum absolute atomic E-state index is 0.00522. The van der Waals surface area contributed by atoms with Crippen LogP contribution in [0.15, 0.2) is 0 Å². The molecule has 1 amide bonds. The Bertz CT molecular complexity index is 469. The van der Waals surface area contributed by atoms with E-state index in [0.29, 0.717) is 38.7 Å². The fraction of sp³-hybridized carbons (Fsp3) is 0.750. The highest BCUT2D eigenvalue weighted by Gasteiger charge is 2.15. The molecule has 0 aliphatic rings. The Labute approximate surface area is 133 Å². The normalized spacial score (nSPS) is 11.2. The van der Waals surface area contributed by atoms with E-state index in [1.165, 1.54) is 0 Å². The first-order valence-corrected chi connectivity index (χ1v) is 7.82. The third kappa shape index (κ3) is 6.15. The molecule has 0 radical (unpaired) electrons. The Balaban J connectivity index is 2.42. The van der Waals surface area contributed by atoms with Crippen molar-refractivity contribution in [1.29, 1.82) is 0 Å². The van der Waals surface area contributed by atoms with Gasteiger partial charge in [-0.1, -0.05) is 13.8 Å². The topological polar surface area (TPSA) is 65.4 Å². The summed E-state index contributed by atoms with van der Waals surface area (Å²) in [5.41, 5.74) is 3.04. The molecule has 1 heterocycles. The number of aryl methyl sites for hydroxylation is 1. The summed E-state index contributed by atoms with van der Waals surface area (Å²) in [4.78, 5) is 12.0. The van der Waals surface area contributed by atoms with Crippen molar-refractivity contribution in [3.8, 4) is 0 Å². The van der Waals surface area contributed by atoms with Crippen molar-refractivity contribution in [3.63, 3.8) is 0 Å². The lowest BCUT2D eigenvalue weighted by molar-refractivity contribution is -0.120. The summed E-state index contributed by atoms with van der Waals surface area (Å²) >= 11 is 0. The van der Waals surface area contributed by atoms with E-state index < -0.39 is 0 Å². The van der Waals surface area contributed by atoms with Crippen LogP contribution in [0.4, 0.5) is 0 Å². The van der Waals surface area contributed by atoms with Gasteiger partial charge in [-0.3, -0.25) is 9.48 Å². The molecule has 1 aromatic rings. The predicted molar refractivity (Wildman–Crippen MR) is 85.9 cm³/mol. The number of nitrogens with one attached hydrogen (secondary N) is 1. The first-order valence-electron chi connectivity index (χ1n) is 7.82. The third-order valence-corrected chi connectivity index (χ3v) is 3.41. The van der Waals surface area contributed by atoms with Crippen LogP contribution in [-0.4, -0.2) is 49.2 Å². The summed E-state index contributed by atoms with van der Waals surface area (Å²) < 4.78 is 12.2. The lowest BCUT2D eigenvalue weighted by Gasteiger charge is -2.08. The smallest absolute Gasteiger partial charge is 0.224 e. The highest BCUT2D eigenvalue weighted by atomic mass is 16.5. The average Bonchev–Trinajstić information content (AvgIpc) is 2.69. The van der Waals surface area contributed by atoms with Gasteiger partial charge in [0.1, 0.15) is 0 Å². The zero-order chi connectivity index (χ0) is 16.5. The van der Waals surface area contributed by atoms with Crippen LogP contribution in [0.2, 0.25) is 0 Å². The Morgan fingerprint density at radius 3 is 2.64 bits per heavy atom. The summed E-state index contributed by atoms with van der Waals surface area (Å²) in [7, 11) is 1.63. The van der Waals surface area contributed by atoms with Crippen molar-refractivity contribution in [3.05, 3.63) is 17.0 Å². The molecule has 6 nitrogen and oxygen atoms in total. The van der Waals surface area contributed by atoms with Gasteiger partial charge in [-0.25, -0.2) is 0 Å². The first-order chi connectivity index (χ1) is 10.5. The molecule has 0 saturated carbocycles. The predicted octanol–water partition coefficient (Wildman–Crippen LogP) is 1.48. The first kappa shape index (κ1) is 18.6. The Hall–Kier alpha value is -1.40. The second-order valence-corrected chi connectivity index (χ2v) is 5.86. The summed E-state index contributed by atoms with van der Waals surface area (Å²) in [6, 6.07) is 0. The maximum absolute atomic E-state index is 12.0.